The molecular weight excluding hydrogens is 335 g/mol. The number of halogens is 1. The second-order valence-electron chi connectivity index (χ2n) is 10.1. The van der Waals surface area contributed by atoms with Crippen LogP contribution in [-0.4, -0.2) is 37.6 Å². The Morgan fingerprint density at radius 1 is 1.15 bits per heavy atom. The molecule has 0 N–H and O–H groups in total. The monoisotopic (exact) mass is 366 g/mol. The minimum atomic E-state index is -0.0688. The van der Waals surface area contributed by atoms with Crippen molar-refractivity contribution in [2.75, 3.05) is 37.6 Å². The number of anilines is 1. The Bertz CT molecular complexity index is 794. The van der Waals surface area contributed by atoms with E-state index in [2.05, 4.69) is 28.9 Å². The summed E-state index contributed by atoms with van der Waals surface area (Å²) in [6.07, 6.45) is 11.5. The van der Waals surface area contributed by atoms with Crippen molar-refractivity contribution in [3.05, 3.63) is 41.7 Å². The average molecular weight is 367 g/mol. The lowest BCUT2D eigenvalue weighted by Gasteiger charge is -2.47. The number of rotatable bonds is 4. The normalized spacial score (nSPS) is 37.9. The van der Waals surface area contributed by atoms with Crippen molar-refractivity contribution in [2.24, 2.45) is 23.2 Å². The molecule has 3 aliphatic carbocycles. The van der Waals surface area contributed by atoms with E-state index in [1.165, 1.54) is 56.6 Å². The van der Waals surface area contributed by atoms with E-state index in [1.54, 1.807) is 6.07 Å². The molecule has 2 nitrogen and oxygen atoms in total. The lowest BCUT2D eigenvalue weighted by Crippen LogP contribution is -2.50. The van der Waals surface area contributed by atoms with Gasteiger partial charge >= 0.3 is 0 Å². The average Bonchev–Trinajstić information content (AvgIpc) is 3.22. The molecule has 1 saturated heterocycles. The quantitative estimate of drug-likeness (QED) is 0.719. The van der Waals surface area contributed by atoms with Gasteiger partial charge in [0.2, 0.25) is 0 Å². The molecule has 4 atom stereocenters. The van der Waals surface area contributed by atoms with Crippen molar-refractivity contribution in [3.8, 4) is 0 Å². The van der Waals surface area contributed by atoms with Crippen molar-refractivity contribution in [1.29, 1.82) is 0 Å². The van der Waals surface area contributed by atoms with E-state index in [1.807, 2.05) is 12.1 Å². The third-order valence-corrected chi connectivity index (χ3v) is 8.71. The second-order valence-corrected chi connectivity index (χ2v) is 10.1. The maximum Gasteiger partial charge on any atom is 0.123 e. The maximum absolute atomic E-state index is 14.0. The zero-order valence-electron chi connectivity index (χ0n) is 16.5. The molecule has 2 saturated carbocycles. The van der Waals surface area contributed by atoms with E-state index in [0.29, 0.717) is 0 Å². The van der Waals surface area contributed by atoms with Crippen LogP contribution in [0.4, 0.5) is 10.1 Å². The van der Waals surface area contributed by atoms with E-state index in [0.717, 1.165) is 42.7 Å². The molecule has 0 amide bonds. The Balaban J connectivity index is 1.15. The molecule has 27 heavy (non-hydrogen) atoms. The van der Waals surface area contributed by atoms with Crippen molar-refractivity contribution in [2.45, 2.75) is 44.4 Å². The van der Waals surface area contributed by atoms with E-state index in [4.69, 9.17) is 0 Å². The smallest absolute Gasteiger partial charge is 0.123 e. The lowest BCUT2D eigenvalue weighted by molar-refractivity contribution is 0.0372. The molecule has 3 fully saturated rings. The number of hydrogen-bond acceptors (Lipinski definition) is 2. The highest BCUT2D eigenvalue weighted by Gasteiger charge is 2.68. The Labute approximate surface area is 162 Å². The van der Waals surface area contributed by atoms with Gasteiger partial charge in [-0.25, -0.2) is 4.39 Å². The fraction of sp³-hybridized carbons (Fsp3) is 0.667. The van der Waals surface area contributed by atoms with E-state index < -0.39 is 0 Å². The Hall–Kier alpha value is -1.35. The molecule has 6 rings (SSSR count). The minimum absolute atomic E-state index is 0.0688. The minimum Gasteiger partial charge on any atom is -0.370 e. The van der Waals surface area contributed by atoms with Crippen LogP contribution in [0.2, 0.25) is 0 Å². The maximum atomic E-state index is 14.0. The van der Waals surface area contributed by atoms with Gasteiger partial charge in [0.05, 0.1) is 0 Å². The molecular formula is C24H31FN2. The van der Waals surface area contributed by atoms with Crippen molar-refractivity contribution < 1.29 is 4.39 Å². The predicted octanol–water partition coefficient (Wildman–Crippen LogP) is 4.60. The molecule has 1 aromatic rings. The van der Waals surface area contributed by atoms with Crippen molar-refractivity contribution in [3.63, 3.8) is 0 Å². The highest BCUT2D eigenvalue weighted by atomic mass is 19.1. The van der Waals surface area contributed by atoms with Gasteiger partial charge in [0, 0.05) is 30.7 Å². The van der Waals surface area contributed by atoms with Crippen LogP contribution in [0, 0.1) is 29.0 Å². The highest BCUT2D eigenvalue weighted by Crippen LogP contribution is 2.75. The first kappa shape index (κ1) is 16.6. The van der Waals surface area contributed by atoms with Crippen LogP contribution in [-0.2, 0) is 5.41 Å². The molecule has 3 heteroatoms. The third-order valence-electron chi connectivity index (χ3n) is 8.71. The fourth-order valence-corrected chi connectivity index (χ4v) is 7.21. The van der Waals surface area contributed by atoms with E-state index >= 15 is 0 Å². The first-order chi connectivity index (χ1) is 13.1. The van der Waals surface area contributed by atoms with Crippen LogP contribution >= 0.6 is 0 Å². The summed E-state index contributed by atoms with van der Waals surface area (Å²) in [4.78, 5) is 5.23. The van der Waals surface area contributed by atoms with E-state index in [9.17, 15) is 4.39 Å². The summed E-state index contributed by atoms with van der Waals surface area (Å²) in [5.74, 6) is 2.66. The van der Waals surface area contributed by atoms with Gasteiger partial charge in [0.15, 0.2) is 0 Å². The summed E-state index contributed by atoms with van der Waals surface area (Å²) in [5.41, 5.74) is 3.50. The molecule has 2 aliphatic heterocycles. The summed E-state index contributed by atoms with van der Waals surface area (Å²) in [6, 6.07) is 5.50. The zero-order chi connectivity index (χ0) is 18.2. The Kier molecular flexibility index (Phi) is 3.44. The molecule has 5 aliphatic rings. The molecule has 144 valence electrons. The van der Waals surface area contributed by atoms with Crippen LogP contribution in [0.25, 0.3) is 0 Å². The number of allylic oxidation sites excluding steroid dienone is 2. The van der Waals surface area contributed by atoms with Crippen molar-refractivity contribution in [1.82, 2.24) is 4.90 Å². The van der Waals surface area contributed by atoms with Gasteiger partial charge < -0.3 is 9.80 Å². The standard InChI is InChI=1S/C24H31FN2/c1-2-9-27-16-23(21-12-19(25)4-6-22(21)27)7-10-26(11-8-23)15-17-13-24-14-18(24)3-5-20(17)24/h3-6,12,17-18,20H,2,7-11,13-16H2,1H3/t17-,18+,20-,24?/m1/s1. The molecule has 0 radical (unpaired) electrons. The number of benzene rings is 1. The van der Waals surface area contributed by atoms with Gasteiger partial charge in [-0.3, -0.25) is 0 Å². The Morgan fingerprint density at radius 2 is 2.00 bits per heavy atom. The van der Waals surface area contributed by atoms with Crippen LogP contribution in [0.3, 0.4) is 0 Å². The van der Waals surface area contributed by atoms with Crippen LogP contribution in [0.15, 0.2) is 30.4 Å². The van der Waals surface area contributed by atoms with Gasteiger partial charge in [-0.15, -0.1) is 0 Å². The molecule has 1 aromatic carbocycles. The lowest BCUT2D eigenvalue weighted by atomic mass is 9.62. The predicted molar refractivity (Wildman–Crippen MR) is 108 cm³/mol. The fourth-order valence-electron chi connectivity index (χ4n) is 7.21. The number of nitrogens with zero attached hydrogens (tertiary/aromatic N) is 2. The molecule has 2 spiro atoms. The van der Waals surface area contributed by atoms with Crippen LogP contribution < -0.4 is 4.90 Å². The molecule has 2 heterocycles. The molecule has 0 bridgehead atoms. The number of hydrogen-bond donors (Lipinski definition) is 0. The largest absolute Gasteiger partial charge is 0.370 e. The topological polar surface area (TPSA) is 6.48 Å². The molecule has 0 aromatic heterocycles. The van der Waals surface area contributed by atoms with Crippen LogP contribution in [0.1, 0.15) is 44.6 Å². The summed E-state index contributed by atoms with van der Waals surface area (Å²) < 4.78 is 14.0. The summed E-state index contributed by atoms with van der Waals surface area (Å²) in [6.45, 7) is 8.06. The second kappa shape index (κ2) is 5.59. The van der Waals surface area contributed by atoms with Gasteiger partial charge in [-0.05, 0) is 92.1 Å². The van der Waals surface area contributed by atoms with Gasteiger partial charge in [0.25, 0.3) is 0 Å². The number of piperidine rings is 1. The summed E-state index contributed by atoms with van der Waals surface area (Å²) >= 11 is 0. The van der Waals surface area contributed by atoms with Gasteiger partial charge in [0.1, 0.15) is 5.82 Å². The van der Waals surface area contributed by atoms with Crippen LogP contribution in [0.5, 0.6) is 0 Å². The van der Waals surface area contributed by atoms with Crippen molar-refractivity contribution >= 4 is 5.69 Å². The number of fused-ring (bicyclic) bond motifs is 2. The third kappa shape index (κ3) is 2.27. The summed E-state index contributed by atoms with van der Waals surface area (Å²) in [7, 11) is 0. The summed E-state index contributed by atoms with van der Waals surface area (Å²) in [5, 5.41) is 0. The molecule has 1 unspecified atom stereocenters. The van der Waals surface area contributed by atoms with Gasteiger partial charge in [-0.2, -0.15) is 0 Å². The first-order valence-electron chi connectivity index (χ1n) is 11.1. The Morgan fingerprint density at radius 3 is 2.74 bits per heavy atom. The first-order valence-corrected chi connectivity index (χ1v) is 11.1. The SMILES string of the molecule is CCCN1CC2(CCN(C[C@H]3CC45C[C@@H]4C=C[C@H]35)CC2)c2cc(F)ccc21. The van der Waals surface area contributed by atoms with Gasteiger partial charge in [-0.1, -0.05) is 19.1 Å². The highest BCUT2D eigenvalue weighted by molar-refractivity contribution is 5.63. The zero-order valence-corrected chi connectivity index (χ0v) is 16.5. The van der Waals surface area contributed by atoms with E-state index in [-0.39, 0.29) is 11.2 Å². The number of likely N-dealkylation sites (tertiary alicyclic amines) is 1.